The predicted octanol–water partition coefficient (Wildman–Crippen LogP) is 2.12. The molecule has 154 valence electrons. The van der Waals surface area contributed by atoms with Crippen molar-refractivity contribution < 1.29 is 4.79 Å². The van der Waals surface area contributed by atoms with Crippen LogP contribution in [0.2, 0.25) is 0 Å². The van der Waals surface area contributed by atoms with E-state index in [2.05, 4.69) is 30.4 Å². The van der Waals surface area contributed by atoms with E-state index in [1.807, 2.05) is 62.6 Å². The summed E-state index contributed by atoms with van der Waals surface area (Å²) in [7, 11) is 1.81. The number of pyridine rings is 1. The van der Waals surface area contributed by atoms with Gasteiger partial charge in [-0.2, -0.15) is 0 Å². The number of nitrogens with one attached hydrogen (secondary N) is 2. The van der Waals surface area contributed by atoms with Gasteiger partial charge in [0, 0.05) is 58.1 Å². The first-order chi connectivity index (χ1) is 14.2. The van der Waals surface area contributed by atoms with Gasteiger partial charge in [-0.15, -0.1) is 0 Å². The summed E-state index contributed by atoms with van der Waals surface area (Å²) in [5, 5.41) is 6.35. The highest BCUT2D eigenvalue weighted by Gasteiger charge is 2.20. The van der Waals surface area contributed by atoms with E-state index in [9.17, 15) is 4.79 Å². The predicted molar refractivity (Wildman–Crippen MR) is 117 cm³/mol. The summed E-state index contributed by atoms with van der Waals surface area (Å²) in [6.45, 7) is 6.95. The maximum atomic E-state index is 12.2. The van der Waals surface area contributed by atoms with E-state index < -0.39 is 0 Å². The van der Waals surface area contributed by atoms with Gasteiger partial charge in [0.25, 0.3) is 5.91 Å². The zero-order valence-corrected chi connectivity index (χ0v) is 17.3. The van der Waals surface area contributed by atoms with Gasteiger partial charge in [-0.3, -0.25) is 9.79 Å². The van der Waals surface area contributed by atoms with Crippen LogP contribution in [-0.2, 0) is 6.54 Å². The van der Waals surface area contributed by atoms with Gasteiger partial charge in [0.2, 0.25) is 0 Å². The molecular weight excluding hydrogens is 364 g/mol. The van der Waals surface area contributed by atoms with Gasteiger partial charge in [-0.1, -0.05) is 25.1 Å². The molecule has 0 atom stereocenters. The van der Waals surface area contributed by atoms with E-state index >= 15 is 0 Å². The topological polar surface area (TPSA) is 72.9 Å². The van der Waals surface area contributed by atoms with E-state index in [0.717, 1.165) is 49.9 Å². The highest BCUT2D eigenvalue weighted by atomic mass is 16.1. The molecule has 1 fully saturated rings. The Bertz CT molecular complexity index is 815. The molecule has 1 aromatic carbocycles. The first kappa shape index (κ1) is 20.6. The van der Waals surface area contributed by atoms with Gasteiger partial charge >= 0.3 is 0 Å². The number of piperazine rings is 1. The number of amides is 1. The van der Waals surface area contributed by atoms with Crippen LogP contribution >= 0.6 is 0 Å². The zero-order chi connectivity index (χ0) is 20.5. The number of nitrogens with zero attached hydrogens (tertiary/aromatic N) is 4. The SMILES string of the molecule is CCCNC(=O)c1cccc(CNC(=NC)N2CCN(c3ccccn3)CC2)c1. The molecule has 29 heavy (non-hydrogen) atoms. The minimum atomic E-state index is -0.0243. The highest BCUT2D eigenvalue weighted by molar-refractivity contribution is 5.94. The fourth-order valence-corrected chi connectivity index (χ4v) is 3.36. The summed E-state index contributed by atoms with van der Waals surface area (Å²) in [4.78, 5) is 25.6. The monoisotopic (exact) mass is 394 g/mol. The Kier molecular flexibility index (Phi) is 7.44. The number of aliphatic imine (C=N–C) groups is 1. The molecule has 0 unspecified atom stereocenters. The van der Waals surface area contributed by atoms with Gasteiger partial charge in [0.1, 0.15) is 5.82 Å². The van der Waals surface area contributed by atoms with Crippen LogP contribution in [0.15, 0.2) is 53.7 Å². The molecule has 0 spiro atoms. The lowest BCUT2D eigenvalue weighted by Crippen LogP contribution is -2.52. The normalized spacial score (nSPS) is 14.6. The molecule has 1 aliphatic heterocycles. The molecule has 3 rings (SSSR count). The second-order valence-electron chi connectivity index (χ2n) is 7.02. The molecule has 1 saturated heterocycles. The Morgan fingerprint density at radius 1 is 1.10 bits per heavy atom. The van der Waals surface area contributed by atoms with Crippen molar-refractivity contribution in [3.63, 3.8) is 0 Å². The minimum Gasteiger partial charge on any atom is -0.353 e. The van der Waals surface area contributed by atoms with Crippen LogP contribution in [0.3, 0.4) is 0 Å². The van der Waals surface area contributed by atoms with E-state index in [4.69, 9.17) is 0 Å². The smallest absolute Gasteiger partial charge is 0.251 e. The summed E-state index contributed by atoms with van der Waals surface area (Å²) in [6, 6.07) is 13.7. The van der Waals surface area contributed by atoms with Gasteiger partial charge < -0.3 is 20.4 Å². The average molecular weight is 395 g/mol. The number of guanidine groups is 1. The van der Waals surface area contributed by atoms with Crippen molar-refractivity contribution in [2.75, 3.05) is 44.7 Å². The number of rotatable bonds is 6. The van der Waals surface area contributed by atoms with Crippen LogP contribution in [0.1, 0.15) is 29.3 Å². The molecule has 0 saturated carbocycles. The standard InChI is InChI=1S/C22H30N6O/c1-3-10-25-21(29)19-8-6-7-18(16-19)17-26-22(23-2)28-14-12-27(13-15-28)20-9-4-5-11-24-20/h4-9,11,16H,3,10,12-15,17H2,1-2H3,(H,23,26)(H,25,29). The lowest BCUT2D eigenvalue weighted by molar-refractivity contribution is 0.0953. The van der Waals surface area contributed by atoms with Crippen molar-refractivity contribution in [1.29, 1.82) is 0 Å². The van der Waals surface area contributed by atoms with Crippen LogP contribution in [0.4, 0.5) is 5.82 Å². The van der Waals surface area contributed by atoms with Crippen molar-refractivity contribution >= 4 is 17.7 Å². The van der Waals surface area contributed by atoms with Gasteiger partial charge in [-0.05, 0) is 36.2 Å². The third kappa shape index (κ3) is 5.70. The maximum absolute atomic E-state index is 12.2. The molecule has 1 amide bonds. The van der Waals surface area contributed by atoms with Gasteiger partial charge in [0.15, 0.2) is 5.96 Å². The number of benzene rings is 1. The number of hydrogen-bond donors (Lipinski definition) is 2. The second-order valence-corrected chi connectivity index (χ2v) is 7.02. The Balaban J connectivity index is 1.53. The molecule has 7 nitrogen and oxygen atoms in total. The first-order valence-electron chi connectivity index (χ1n) is 10.2. The minimum absolute atomic E-state index is 0.0243. The first-order valence-corrected chi connectivity index (χ1v) is 10.2. The van der Waals surface area contributed by atoms with Crippen molar-refractivity contribution in [3.8, 4) is 0 Å². The fraction of sp³-hybridized carbons (Fsp3) is 0.409. The van der Waals surface area contributed by atoms with Crippen molar-refractivity contribution in [2.24, 2.45) is 4.99 Å². The van der Waals surface area contributed by atoms with E-state index in [-0.39, 0.29) is 5.91 Å². The summed E-state index contributed by atoms with van der Waals surface area (Å²) < 4.78 is 0. The number of hydrogen-bond acceptors (Lipinski definition) is 4. The summed E-state index contributed by atoms with van der Waals surface area (Å²) in [5.41, 5.74) is 1.75. The average Bonchev–Trinajstić information content (AvgIpc) is 2.79. The zero-order valence-electron chi connectivity index (χ0n) is 17.3. The molecule has 0 aliphatic carbocycles. The second kappa shape index (κ2) is 10.5. The van der Waals surface area contributed by atoms with Crippen LogP contribution in [0, 0.1) is 0 Å². The van der Waals surface area contributed by atoms with E-state index in [1.165, 1.54) is 0 Å². The van der Waals surface area contributed by atoms with E-state index in [1.54, 1.807) is 0 Å². The van der Waals surface area contributed by atoms with Gasteiger partial charge in [-0.25, -0.2) is 4.98 Å². The third-order valence-corrected chi connectivity index (χ3v) is 4.94. The molecule has 7 heteroatoms. The number of carbonyl (C=O) groups is 1. The number of anilines is 1. The summed E-state index contributed by atoms with van der Waals surface area (Å²) in [6.07, 6.45) is 2.76. The lowest BCUT2D eigenvalue weighted by Gasteiger charge is -2.37. The third-order valence-electron chi connectivity index (χ3n) is 4.94. The van der Waals surface area contributed by atoms with Crippen LogP contribution in [0.25, 0.3) is 0 Å². The fourth-order valence-electron chi connectivity index (χ4n) is 3.36. The summed E-state index contributed by atoms with van der Waals surface area (Å²) >= 11 is 0. The largest absolute Gasteiger partial charge is 0.353 e. The number of carbonyl (C=O) groups excluding carboxylic acids is 1. The highest BCUT2D eigenvalue weighted by Crippen LogP contribution is 2.13. The Hall–Kier alpha value is -3.09. The molecule has 2 heterocycles. The molecule has 0 bridgehead atoms. The van der Waals surface area contributed by atoms with Crippen LogP contribution in [-0.4, -0.2) is 61.5 Å². The lowest BCUT2D eigenvalue weighted by atomic mass is 10.1. The van der Waals surface area contributed by atoms with Crippen molar-refractivity contribution in [1.82, 2.24) is 20.5 Å². The summed E-state index contributed by atoms with van der Waals surface area (Å²) in [5.74, 6) is 1.88. The van der Waals surface area contributed by atoms with Crippen molar-refractivity contribution in [2.45, 2.75) is 19.9 Å². The molecule has 1 aromatic heterocycles. The van der Waals surface area contributed by atoms with Crippen LogP contribution < -0.4 is 15.5 Å². The van der Waals surface area contributed by atoms with Gasteiger partial charge in [0.05, 0.1) is 0 Å². The molecular formula is C22H30N6O. The van der Waals surface area contributed by atoms with E-state index in [0.29, 0.717) is 18.7 Å². The molecule has 0 radical (unpaired) electrons. The Morgan fingerprint density at radius 2 is 1.93 bits per heavy atom. The Labute approximate surface area is 172 Å². The molecule has 2 aromatic rings. The quantitative estimate of drug-likeness (QED) is 0.580. The van der Waals surface area contributed by atoms with Crippen molar-refractivity contribution in [3.05, 3.63) is 59.8 Å². The molecule has 1 aliphatic rings. The van der Waals surface area contributed by atoms with Crippen LogP contribution in [0.5, 0.6) is 0 Å². The molecule has 2 N–H and O–H groups in total. The maximum Gasteiger partial charge on any atom is 0.251 e. The Morgan fingerprint density at radius 3 is 2.62 bits per heavy atom. The number of aromatic nitrogens is 1.